The van der Waals surface area contributed by atoms with Crippen LogP contribution in [-0.2, 0) is 3.97 Å². The molecule has 1 nitrogen and oxygen atoms in total. The van der Waals surface area contributed by atoms with Gasteiger partial charge in [0, 0.05) is 14.4 Å². The molecule has 1 aliphatic heterocycles. The fraction of sp³-hybridized carbons (Fsp3) is 1.00. The van der Waals surface area contributed by atoms with E-state index in [1.165, 1.54) is 24.4 Å². The Bertz CT molecular complexity index is 46.1. The van der Waals surface area contributed by atoms with Crippen LogP contribution in [0.4, 0.5) is 0 Å². The van der Waals surface area contributed by atoms with Crippen LogP contribution in [0.25, 0.3) is 0 Å². The van der Waals surface area contributed by atoms with Crippen molar-refractivity contribution >= 4 is 20.2 Å². The van der Waals surface area contributed by atoms with Gasteiger partial charge in [0.05, 0.1) is 0 Å². The normalized spacial score (nSPS) is 21.5. The highest BCUT2D eigenvalue weighted by atomic mass is 32.2. The van der Waals surface area contributed by atoms with Crippen molar-refractivity contribution < 1.29 is 3.97 Å². The van der Waals surface area contributed by atoms with Gasteiger partial charge in [-0.15, -0.1) is 0 Å². The molecule has 1 rings (SSSR count). The molecule has 0 aliphatic carbocycles. The Labute approximate surface area is 43.5 Å². The molecule has 1 aliphatic rings. The predicted molar refractivity (Wildman–Crippen MR) is 31.3 cm³/mol. The topological polar surface area (TPSA) is 9.23 Å². The van der Waals surface area contributed by atoms with E-state index in [0.29, 0.717) is 0 Å². The molecule has 1 fully saturated rings. The van der Waals surface area contributed by atoms with Crippen molar-refractivity contribution in [3.8, 4) is 0 Å². The van der Waals surface area contributed by atoms with Crippen LogP contribution >= 0.6 is 20.2 Å². The summed E-state index contributed by atoms with van der Waals surface area (Å²) in [5, 5.41) is 0. The first-order valence-corrected chi connectivity index (χ1v) is 4.67. The first-order chi connectivity index (χ1) is 2.93. The molecule has 36 valence electrons. The van der Waals surface area contributed by atoms with Gasteiger partial charge in [-0.1, -0.05) is 0 Å². The third kappa shape index (κ3) is 1.46. The molecule has 3 heteroatoms. The van der Waals surface area contributed by atoms with Crippen LogP contribution < -0.4 is 0 Å². The summed E-state index contributed by atoms with van der Waals surface area (Å²) in [5.41, 5.74) is 0. The first kappa shape index (κ1) is 4.89. The van der Waals surface area contributed by atoms with Crippen LogP contribution in [-0.4, -0.2) is 18.6 Å². The lowest BCUT2D eigenvalue weighted by atomic mass is 11.0. The molecule has 1 heterocycles. The largest absolute Gasteiger partial charge is 0.294 e. The van der Waals surface area contributed by atoms with E-state index in [9.17, 15) is 0 Å². The fourth-order valence-electron chi connectivity index (χ4n) is 0.221. The highest BCUT2D eigenvalue weighted by Crippen LogP contribution is 2.53. The lowest BCUT2D eigenvalue weighted by Crippen LogP contribution is -1.49. The maximum Gasteiger partial charge on any atom is 0.0472 e. The molecular weight excluding hydrogens is 115 g/mol. The molecule has 0 N–H and O–H groups in total. The molecule has 0 aromatic rings. The van der Waals surface area contributed by atoms with E-state index >= 15 is 0 Å². The van der Waals surface area contributed by atoms with E-state index in [0.717, 1.165) is 0 Å². The second-order valence-corrected chi connectivity index (χ2v) is 3.96. The average Bonchev–Trinajstić information content (AvgIpc) is 2.21. The maximum absolute atomic E-state index is 5.13. The summed E-state index contributed by atoms with van der Waals surface area (Å²) in [7, 11) is 0.112. The van der Waals surface area contributed by atoms with E-state index in [1.807, 2.05) is 6.26 Å². The lowest BCUT2D eigenvalue weighted by Gasteiger charge is -1.87. The van der Waals surface area contributed by atoms with E-state index in [-0.39, 0.29) is 8.15 Å². The summed E-state index contributed by atoms with van der Waals surface area (Å²) in [6.07, 6.45) is 4.66. The Morgan fingerprint density at radius 1 is 1.67 bits per heavy atom. The van der Waals surface area contributed by atoms with Crippen molar-refractivity contribution in [2.45, 2.75) is 0 Å². The molecule has 0 bridgehead atoms. The number of hydrogen-bond donors (Lipinski definition) is 0. The molecule has 0 aromatic carbocycles. The summed E-state index contributed by atoms with van der Waals surface area (Å²) in [6, 6.07) is 0. The highest BCUT2D eigenvalue weighted by Gasteiger charge is 2.21. The predicted octanol–water partition coefficient (Wildman–Crippen LogP) is 1.69. The first-order valence-electron chi connectivity index (χ1n) is 1.89. The SMILES string of the molecule is CSOP1CC1. The van der Waals surface area contributed by atoms with Crippen molar-refractivity contribution in [2.75, 3.05) is 18.6 Å². The van der Waals surface area contributed by atoms with Gasteiger partial charge in [0.1, 0.15) is 0 Å². The zero-order chi connectivity index (χ0) is 4.41. The smallest absolute Gasteiger partial charge is 0.0472 e. The molecule has 0 unspecified atom stereocenters. The van der Waals surface area contributed by atoms with Gasteiger partial charge < -0.3 is 0 Å². The summed E-state index contributed by atoms with van der Waals surface area (Å²) in [5.74, 6) is 0. The van der Waals surface area contributed by atoms with Crippen molar-refractivity contribution in [1.29, 1.82) is 0 Å². The van der Waals surface area contributed by atoms with Crippen molar-refractivity contribution in [2.24, 2.45) is 0 Å². The molecular formula is C3H7OPS. The zero-order valence-corrected chi connectivity index (χ0v) is 5.39. The molecule has 0 amide bonds. The van der Waals surface area contributed by atoms with Crippen LogP contribution in [0, 0.1) is 0 Å². The molecule has 0 atom stereocenters. The number of rotatable bonds is 2. The summed E-state index contributed by atoms with van der Waals surface area (Å²) < 4.78 is 5.13. The van der Waals surface area contributed by atoms with E-state index in [1.54, 1.807) is 0 Å². The third-order valence-corrected chi connectivity index (χ3v) is 2.84. The Hall–Kier alpha value is 0.740. The second-order valence-electron chi connectivity index (χ2n) is 1.17. The van der Waals surface area contributed by atoms with Gasteiger partial charge in [-0.2, -0.15) is 0 Å². The molecule has 0 spiro atoms. The van der Waals surface area contributed by atoms with Gasteiger partial charge in [-0.05, 0) is 24.4 Å². The van der Waals surface area contributed by atoms with E-state index in [4.69, 9.17) is 3.97 Å². The quantitative estimate of drug-likeness (QED) is 0.407. The minimum absolute atomic E-state index is 0.112. The average molecular weight is 122 g/mol. The third-order valence-electron chi connectivity index (χ3n) is 0.586. The Morgan fingerprint density at radius 2 is 2.33 bits per heavy atom. The monoisotopic (exact) mass is 122 g/mol. The van der Waals surface area contributed by atoms with Crippen LogP contribution in [0.15, 0.2) is 0 Å². The Balaban J connectivity index is 1.88. The standard InChI is InChI=1S/C3H7OPS/c1-6-4-5-2-3-5/h2-3H2,1H3. The molecule has 0 radical (unpaired) electrons. The lowest BCUT2D eigenvalue weighted by molar-refractivity contribution is 0.746. The number of hydrogen-bond acceptors (Lipinski definition) is 2. The fourth-order valence-corrected chi connectivity index (χ4v) is 1.99. The molecule has 0 aromatic heterocycles. The van der Waals surface area contributed by atoms with Gasteiger partial charge in [0.2, 0.25) is 0 Å². The molecule has 6 heavy (non-hydrogen) atoms. The summed E-state index contributed by atoms with van der Waals surface area (Å²) in [4.78, 5) is 0. The minimum atomic E-state index is 0.112. The van der Waals surface area contributed by atoms with Gasteiger partial charge >= 0.3 is 0 Å². The summed E-state index contributed by atoms with van der Waals surface area (Å²) >= 11 is 1.50. The van der Waals surface area contributed by atoms with Gasteiger partial charge in [-0.25, -0.2) is 0 Å². The van der Waals surface area contributed by atoms with Crippen molar-refractivity contribution in [1.82, 2.24) is 0 Å². The van der Waals surface area contributed by atoms with Crippen LogP contribution in [0.5, 0.6) is 0 Å². The van der Waals surface area contributed by atoms with E-state index < -0.39 is 0 Å². The van der Waals surface area contributed by atoms with Crippen molar-refractivity contribution in [3.63, 3.8) is 0 Å². The highest BCUT2D eigenvalue weighted by molar-refractivity contribution is 7.98. The second kappa shape index (κ2) is 2.15. The zero-order valence-electron chi connectivity index (χ0n) is 3.68. The van der Waals surface area contributed by atoms with E-state index in [2.05, 4.69) is 0 Å². The molecule has 0 saturated carbocycles. The van der Waals surface area contributed by atoms with Gasteiger partial charge in [0.15, 0.2) is 0 Å². The Morgan fingerprint density at radius 3 is 2.50 bits per heavy atom. The van der Waals surface area contributed by atoms with Crippen molar-refractivity contribution in [3.05, 3.63) is 0 Å². The van der Waals surface area contributed by atoms with Gasteiger partial charge in [-0.3, -0.25) is 3.97 Å². The maximum atomic E-state index is 5.13. The molecule has 1 saturated heterocycles. The van der Waals surface area contributed by atoms with Crippen LogP contribution in [0.1, 0.15) is 0 Å². The van der Waals surface area contributed by atoms with Crippen LogP contribution in [0.2, 0.25) is 0 Å². The van der Waals surface area contributed by atoms with Gasteiger partial charge in [0.25, 0.3) is 0 Å². The minimum Gasteiger partial charge on any atom is -0.294 e. The summed E-state index contributed by atoms with van der Waals surface area (Å²) in [6.45, 7) is 0. The Kier molecular flexibility index (Phi) is 1.75. The van der Waals surface area contributed by atoms with Crippen LogP contribution in [0.3, 0.4) is 0 Å².